The molecule has 1 aromatic rings. The molecular formula is C11H14ClN3O. The molecule has 1 N–H and O–H groups in total. The average Bonchev–Trinajstić information content (AvgIpc) is 2.33. The Bertz CT molecular complexity index is 350. The maximum atomic E-state index is 11.8. The Balaban J connectivity index is 1.88. The summed E-state index contributed by atoms with van der Waals surface area (Å²) in [5, 5.41) is 3.25. The van der Waals surface area contributed by atoms with Crippen LogP contribution in [0.5, 0.6) is 0 Å². The lowest BCUT2D eigenvalue weighted by atomic mass is 9.95. The van der Waals surface area contributed by atoms with Crippen molar-refractivity contribution in [1.29, 1.82) is 0 Å². The largest absolute Gasteiger partial charge is 0.349 e. The zero-order valence-corrected chi connectivity index (χ0v) is 9.65. The van der Waals surface area contributed by atoms with E-state index in [1.165, 1.54) is 18.7 Å². The molecule has 0 radical (unpaired) electrons. The van der Waals surface area contributed by atoms with Crippen LogP contribution >= 0.6 is 11.6 Å². The fraction of sp³-hybridized carbons (Fsp3) is 0.545. The summed E-state index contributed by atoms with van der Waals surface area (Å²) >= 11 is 6.00. The summed E-state index contributed by atoms with van der Waals surface area (Å²) in [4.78, 5) is 19.4. The molecule has 0 saturated heterocycles. The van der Waals surface area contributed by atoms with E-state index in [1.807, 2.05) is 0 Å². The SMILES string of the molecule is O=C(NC1CCC(Cl)CC1)c1cncnc1. The minimum Gasteiger partial charge on any atom is -0.349 e. The average molecular weight is 240 g/mol. The quantitative estimate of drug-likeness (QED) is 0.800. The number of hydrogen-bond donors (Lipinski definition) is 1. The monoisotopic (exact) mass is 239 g/mol. The van der Waals surface area contributed by atoms with Crippen molar-refractivity contribution in [3.8, 4) is 0 Å². The predicted molar refractivity (Wildman–Crippen MR) is 61.4 cm³/mol. The molecule has 1 saturated carbocycles. The van der Waals surface area contributed by atoms with Gasteiger partial charge in [-0.1, -0.05) is 0 Å². The molecule has 86 valence electrons. The molecular weight excluding hydrogens is 226 g/mol. The number of aromatic nitrogens is 2. The van der Waals surface area contributed by atoms with Crippen molar-refractivity contribution in [2.24, 2.45) is 0 Å². The molecule has 16 heavy (non-hydrogen) atoms. The van der Waals surface area contributed by atoms with Gasteiger partial charge in [0.15, 0.2) is 0 Å². The van der Waals surface area contributed by atoms with E-state index in [4.69, 9.17) is 11.6 Å². The van der Waals surface area contributed by atoms with Gasteiger partial charge >= 0.3 is 0 Å². The number of nitrogens with zero attached hydrogens (tertiary/aromatic N) is 2. The molecule has 5 heteroatoms. The van der Waals surface area contributed by atoms with Crippen LogP contribution < -0.4 is 5.32 Å². The van der Waals surface area contributed by atoms with Crippen molar-refractivity contribution in [1.82, 2.24) is 15.3 Å². The highest BCUT2D eigenvalue weighted by atomic mass is 35.5. The van der Waals surface area contributed by atoms with Crippen molar-refractivity contribution in [3.63, 3.8) is 0 Å². The summed E-state index contributed by atoms with van der Waals surface area (Å²) in [6, 6.07) is 0.239. The summed E-state index contributed by atoms with van der Waals surface area (Å²) < 4.78 is 0. The number of hydrogen-bond acceptors (Lipinski definition) is 3. The van der Waals surface area contributed by atoms with E-state index in [0.29, 0.717) is 5.56 Å². The molecule has 0 bridgehead atoms. The number of halogens is 1. The first-order valence-electron chi connectivity index (χ1n) is 5.45. The van der Waals surface area contributed by atoms with Gasteiger partial charge in [-0.2, -0.15) is 0 Å². The summed E-state index contributed by atoms with van der Waals surface area (Å²) in [6.07, 6.45) is 8.30. The molecule has 1 heterocycles. The van der Waals surface area contributed by atoms with Crippen molar-refractivity contribution < 1.29 is 4.79 Å². The minimum absolute atomic E-state index is 0.0985. The van der Waals surface area contributed by atoms with Crippen molar-refractivity contribution in [2.45, 2.75) is 37.1 Å². The summed E-state index contributed by atoms with van der Waals surface area (Å²) in [6.45, 7) is 0. The maximum absolute atomic E-state index is 11.8. The van der Waals surface area contributed by atoms with Crippen LogP contribution in [-0.2, 0) is 0 Å². The number of carbonyl (C=O) groups excluding carboxylic acids is 1. The molecule has 4 nitrogen and oxygen atoms in total. The van der Waals surface area contributed by atoms with Crippen LogP contribution in [0.1, 0.15) is 36.0 Å². The molecule has 0 aliphatic heterocycles. The van der Waals surface area contributed by atoms with Crippen LogP contribution in [0.25, 0.3) is 0 Å². The molecule has 1 aliphatic carbocycles. The second-order valence-corrected chi connectivity index (χ2v) is 4.67. The normalized spacial score (nSPS) is 25.1. The highest BCUT2D eigenvalue weighted by Gasteiger charge is 2.21. The van der Waals surface area contributed by atoms with Gasteiger partial charge in [0.25, 0.3) is 5.91 Å². The van der Waals surface area contributed by atoms with Crippen LogP contribution in [0.4, 0.5) is 0 Å². The van der Waals surface area contributed by atoms with E-state index >= 15 is 0 Å². The fourth-order valence-electron chi connectivity index (χ4n) is 1.88. The first-order chi connectivity index (χ1) is 7.75. The van der Waals surface area contributed by atoms with E-state index in [0.717, 1.165) is 25.7 Å². The van der Waals surface area contributed by atoms with Gasteiger partial charge in [-0.15, -0.1) is 11.6 Å². The fourth-order valence-corrected chi connectivity index (χ4v) is 2.13. The Morgan fingerprint density at radius 1 is 1.25 bits per heavy atom. The zero-order valence-electron chi connectivity index (χ0n) is 8.90. The van der Waals surface area contributed by atoms with Crippen molar-refractivity contribution in [2.75, 3.05) is 0 Å². The summed E-state index contributed by atoms with van der Waals surface area (Å²) in [5.74, 6) is -0.0985. The molecule has 2 rings (SSSR count). The third-order valence-electron chi connectivity index (χ3n) is 2.81. The summed E-state index contributed by atoms with van der Waals surface area (Å²) in [7, 11) is 0. The molecule has 1 aromatic heterocycles. The number of rotatable bonds is 2. The third-order valence-corrected chi connectivity index (χ3v) is 3.25. The maximum Gasteiger partial charge on any atom is 0.254 e. The standard InChI is InChI=1S/C11H14ClN3O/c12-9-1-3-10(4-2-9)15-11(16)8-5-13-7-14-6-8/h5-7,9-10H,1-4H2,(H,15,16). The highest BCUT2D eigenvalue weighted by molar-refractivity contribution is 6.20. The number of nitrogens with one attached hydrogen (secondary N) is 1. The number of alkyl halides is 1. The van der Waals surface area contributed by atoms with Crippen LogP contribution in [0, 0.1) is 0 Å². The highest BCUT2D eigenvalue weighted by Crippen LogP contribution is 2.22. The molecule has 1 aliphatic rings. The zero-order chi connectivity index (χ0) is 11.4. The van der Waals surface area contributed by atoms with Crippen LogP contribution in [0.2, 0.25) is 0 Å². The molecule has 1 fully saturated rings. The Morgan fingerprint density at radius 3 is 2.50 bits per heavy atom. The number of carbonyl (C=O) groups is 1. The van der Waals surface area contributed by atoms with Gasteiger partial charge in [-0.05, 0) is 25.7 Å². The first kappa shape index (κ1) is 11.3. The Hall–Kier alpha value is -1.16. The second-order valence-electron chi connectivity index (χ2n) is 4.05. The lowest BCUT2D eigenvalue weighted by Gasteiger charge is -2.25. The van der Waals surface area contributed by atoms with E-state index in [9.17, 15) is 4.79 Å². The lowest BCUT2D eigenvalue weighted by molar-refractivity contribution is 0.0927. The van der Waals surface area contributed by atoms with Gasteiger partial charge in [-0.3, -0.25) is 4.79 Å². The molecule has 1 amide bonds. The smallest absolute Gasteiger partial charge is 0.254 e. The lowest BCUT2D eigenvalue weighted by Crippen LogP contribution is -2.37. The van der Waals surface area contributed by atoms with Gasteiger partial charge in [0.05, 0.1) is 5.56 Å². The predicted octanol–water partition coefficient (Wildman–Crippen LogP) is 1.76. The first-order valence-corrected chi connectivity index (χ1v) is 5.89. The van der Waals surface area contributed by atoms with Crippen LogP contribution in [-0.4, -0.2) is 27.3 Å². The molecule has 0 aromatic carbocycles. The minimum atomic E-state index is -0.0985. The van der Waals surface area contributed by atoms with Gasteiger partial charge in [0, 0.05) is 23.8 Å². The second kappa shape index (κ2) is 5.25. The summed E-state index contributed by atoms with van der Waals surface area (Å²) in [5.41, 5.74) is 0.510. The topological polar surface area (TPSA) is 54.9 Å². The van der Waals surface area contributed by atoms with Crippen LogP contribution in [0.15, 0.2) is 18.7 Å². The van der Waals surface area contributed by atoms with Gasteiger partial charge in [-0.25, -0.2) is 9.97 Å². The molecule has 0 atom stereocenters. The Morgan fingerprint density at radius 2 is 1.88 bits per heavy atom. The van der Waals surface area contributed by atoms with E-state index in [-0.39, 0.29) is 17.3 Å². The Labute approximate surface area is 99.4 Å². The number of amides is 1. The van der Waals surface area contributed by atoms with E-state index in [2.05, 4.69) is 15.3 Å². The van der Waals surface area contributed by atoms with Gasteiger partial charge in [0.2, 0.25) is 0 Å². The van der Waals surface area contributed by atoms with E-state index < -0.39 is 0 Å². The van der Waals surface area contributed by atoms with E-state index in [1.54, 1.807) is 0 Å². The molecule has 0 unspecified atom stereocenters. The Kier molecular flexibility index (Phi) is 3.72. The molecule has 0 spiro atoms. The van der Waals surface area contributed by atoms with Crippen molar-refractivity contribution >= 4 is 17.5 Å². The van der Waals surface area contributed by atoms with Crippen molar-refractivity contribution in [3.05, 3.63) is 24.3 Å². The third kappa shape index (κ3) is 2.92. The van der Waals surface area contributed by atoms with Gasteiger partial charge < -0.3 is 5.32 Å². The van der Waals surface area contributed by atoms with Crippen LogP contribution in [0.3, 0.4) is 0 Å². The van der Waals surface area contributed by atoms with Gasteiger partial charge in [0.1, 0.15) is 6.33 Å².